The van der Waals surface area contributed by atoms with E-state index >= 15 is 0 Å². The van der Waals surface area contributed by atoms with Gasteiger partial charge in [0.2, 0.25) is 5.91 Å². The van der Waals surface area contributed by atoms with Crippen LogP contribution in [0.3, 0.4) is 0 Å². The van der Waals surface area contributed by atoms with E-state index in [0.717, 1.165) is 0 Å². The van der Waals surface area contributed by atoms with E-state index in [9.17, 15) is 14.0 Å². The number of carbonyl (C=O) groups is 2. The van der Waals surface area contributed by atoms with Crippen LogP contribution in [-0.4, -0.2) is 34.5 Å². The van der Waals surface area contributed by atoms with Gasteiger partial charge in [0, 0.05) is 18.9 Å². The molecule has 1 rings (SSSR count). The van der Waals surface area contributed by atoms with E-state index in [0.29, 0.717) is 19.3 Å². The van der Waals surface area contributed by atoms with Crippen molar-refractivity contribution in [3.05, 3.63) is 12.4 Å². The largest absolute Gasteiger partial charge is 0.480 e. The highest BCUT2D eigenvalue weighted by atomic mass is 19.1. The van der Waals surface area contributed by atoms with Crippen molar-refractivity contribution >= 4 is 11.9 Å². The number of likely N-dealkylation sites (tertiary alicyclic amines) is 1. The number of hydrogen-bond acceptors (Lipinski definition) is 2. The number of carbonyl (C=O) groups excluding carboxylic acids is 1. The highest BCUT2D eigenvalue weighted by molar-refractivity contribution is 5.85. The van der Waals surface area contributed by atoms with Crippen molar-refractivity contribution in [3.63, 3.8) is 0 Å². The van der Waals surface area contributed by atoms with Gasteiger partial charge in [-0.25, -0.2) is 9.18 Å². The molecule has 1 aliphatic heterocycles. The summed E-state index contributed by atoms with van der Waals surface area (Å²) in [7, 11) is 0. The summed E-state index contributed by atoms with van der Waals surface area (Å²) in [5, 5.41) is 8.88. The Kier molecular flexibility index (Phi) is 3.82. The SMILES string of the molecule is CCC(C(=O)O)N1CC(/C=C\F)CC1=O. The quantitative estimate of drug-likeness (QED) is 0.766. The van der Waals surface area contributed by atoms with Crippen LogP contribution >= 0.6 is 0 Å². The Balaban J connectivity index is 2.71. The average molecular weight is 215 g/mol. The van der Waals surface area contributed by atoms with Gasteiger partial charge < -0.3 is 10.0 Å². The first-order chi connectivity index (χ1) is 7.10. The number of halogens is 1. The minimum absolute atomic E-state index is 0.198. The van der Waals surface area contributed by atoms with Gasteiger partial charge in [0.25, 0.3) is 0 Å². The van der Waals surface area contributed by atoms with Crippen LogP contribution in [-0.2, 0) is 9.59 Å². The van der Waals surface area contributed by atoms with Crippen LogP contribution in [0.2, 0.25) is 0 Å². The maximum absolute atomic E-state index is 11.9. The second kappa shape index (κ2) is 4.91. The molecule has 0 spiro atoms. The van der Waals surface area contributed by atoms with E-state index in [-0.39, 0.29) is 18.2 Å². The molecule has 0 aliphatic carbocycles. The van der Waals surface area contributed by atoms with Gasteiger partial charge in [0.1, 0.15) is 6.04 Å². The predicted octanol–water partition coefficient (Wildman–Crippen LogP) is 1.18. The number of carboxylic acid groups (broad SMARTS) is 1. The Bertz CT molecular complexity index is 290. The normalized spacial score (nSPS) is 23.7. The maximum atomic E-state index is 11.9. The number of nitrogens with zero attached hydrogens (tertiary/aromatic N) is 1. The summed E-state index contributed by atoms with van der Waals surface area (Å²) in [5.41, 5.74) is 0. The first-order valence-electron chi connectivity index (χ1n) is 4.89. The molecule has 0 saturated carbocycles. The van der Waals surface area contributed by atoms with Gasteiger partial charge >= 0.3 is 5.97 Å². The van der Waals surface area contributed by atoms with Crippen LogP contribution in [0, 0.1) is 5.92 Å². The summed E-state index contributed by atoms with van der Waals surface area (Å²) in [6.45, 7) is 2.01. The Morgan fingerprint density at radius 3 is 2.93 bits per heavy atom. The molecule has 2 unspecified atom stereocenters. The summed E-state index contributed by atoms with van der Waals surface area (Å²) in [6.07, 6.45) is 2.27. The van der Waals surface area contributed by atoms with Crippen molar-refractivity contribution < 1.29 is 19.1 Å². The predicted molar refractivity (Wildman–Crippen MR) is 51.8 cm³/mol. The molecule has 15 heavy (non-hydrogen) atoms. The van der Waals surface area contributed by atoms with Gasteiger partial charge in [0.05, 0.1) is 6.33 Å². The van der Waals surface area contributed by atoms with E-state index in [1.165, 1.54) is 11.0 Å². The summed E-state index contributed by atoms with van der Waals surface area (Å²) < 4.78 is 11.9. The Morgan fingerprint density at radius 1 is 1.80 bits per heavy atom. The van der Waals surface area contributed by atoms with Gasteiger partial charge in [-0.15, -0.1) is 0 Å². The van der Waals surface area contributed by atoms with Crippen LogP contribution in [0.25, 0.3) is 0 Å². The number of amides is 1. The fourth-order valence-corrected chi connectivity index (χ4v) is 1.82. The van der Waals surface area contributed by atoms with Gasteiger partial charge in [-0.05, 0) is 6.42 Å². The molecular weight excluding hydrogens is 201 g/mol. The van der Waals surface area contributed by atoms with Gasteiger partial charge in [0.15, 0.2) is 0 Å². The van der Waals surface area contributed by atoms with Gasteiger partial charge in [-0.1, -0.05) is 13.0 Å². The molecule has 1 amide bonds. The summed E-state index contributed by atoms with van der Waals surface area (Å²) >= 11 is 0. The molecule has 0 bridgehead atoms. The number of hydrogen-bond donors (Lipinski definition) is 1. The lowest BCUT2D eigenvalue weighted by atomic mass is 10.1. The van der Waals surface area contributed by atoms with Crippen molar-refractivity contribution in [2.45, 2.75) is 25.8 Å². The fourth-order valence-electron chi connectivity index (χ4n) is 1.82. The minimum atomic E-state index is -1.00. The molecule has 0 radical (unpaired) electrons. The van der Waals surface area contributed by atoms with E-state index in [4.69, 9.17) is 5.11 Å². The molecular formula is C10H14FNO3. The van der Waals surface area contributed by atoms with Crippen LogP contribution in [0.15, 0.2) is 12.4 Å². The molecule has 84 valence electrons. The first kappa shape index (κ1) is 11.7. The van der Waals surface area contributed by atoms with Crippen LogP contribution in [0.4, 0.5) is 4.39 Å². The van der Waals surface area contributed by atoms with Crippen molar-refractivity contribution in [3.8, 4) is 0 Å². The molecule has 4 nitrogen and oxygen atoms in total. The molecule has 0 aromatic heterocycles. The van der Waals surface area contributed by atoms with Gasteiger partial charge in [-0.2, -0.15) is 0 Å². The molecule has 1 aliphatic rings. The maximum Gasteiger partial charge on any atom is 0.326 e. The molecule has 1 saturated heterocycles. The minimum Gasteiger partial charge on any atom is -0.480 e. The second-order valence-electron chi connectivity index (χ2n) is 3.59. The first-order valence-corrected chi connectivity index (χ1v) is 4.89. The topological polar surface area (TPSA) is 57.6 Å². The molecule has 1 N–H and O–H groups in total. The lowest BCUT2D eigenvalue weighted by Gasteiger charge is -2.23. The molecule has 0 aromatic rings. The molecule has 2 atom stereocenters. The van der Waals surface area contributed by atoms with Crippen LogP contribution < -0.4 is 0 Å². The zero-order valence-corrected chi connectivity index (χ0v) is 8.52. The number of rotatable bonds is 4. The van der Waals surface area contributed by atoms with Crippen LogP contribution in [0.1, 0.15) is 19.8 Å². The summed E-state index contributed by atoms with van der Waals surface area (Å²) in [5.74, 6) is -1.42. The highest BCUT2D eigenvalue weighted by Gasteiger charge is 2.35. The van der Waals surface area contributed by atoms with E-state index < -0.39 is 12.0 Å². The van der Waals surface area contributed by atoms with Crippen LogP contribution in [0.5, 0.6) is 0 Å². The second-order valence-corrected chi connectivity index (χ2v) is 3.59. The number of aliphatic carboxylic acids is 1. The standard InChI is InChI=1S/C10H14FNO3/c1-2-8(10(14)15)12-6-7(3-4-11)5-9(12)13/h3-4,7-8H,2,5-6H2,1H3,(H,14,15)/b4-3-. The van der Waals surface area contributed by atoms with Gasteiger partial charge in [-0.3, -0.25) is 4.79 Å². The van der Waals surface area contributed by atoms with Crippen molar-refractivity contribution in [1.82, 2.24) is 4.90 Å². The molecule has 0 aromatic carbocycles. The third-order valence-corrected chi connectivity index (χ3v) is 2.58. The van der Waals surface area contributed by atoms with E-state index in [2.05, 4.69) is 0 Å². The van der Waals surface area contributed by atoms with Crippen molar-refractivity contribution in [2.24, 2.45) is 5.92 Å². The smallest absolute Gasteiger partial charge is 0.326 e. The van der Waals surface area contributed by atoms with Crippen molar-refractivity contribution in [1.29, 1.82) is 0 Å². The molecule has 1 fully saturated rings. The summed E-state index contributed by atoms with van der Waals surface area (Å²) in [4.78, 5) is 23.6. The monoisotopic (exact) mass is 215 g/mol. The lowest BCUT2D eigenvalue weighted by molar-refractivity contribution is -0.148. The number of carboxylic acids is 1. The molecule has 5 heteroatoms. The zero-order chi connectivity index (χ0) is 11.4. The van der Waals surface area contributed by atoms with E-state index in [1.54, 1.807) is 6.92 Å². The summed E-state index contributed by atoms with van der Waals surface area (Å²) in [6, 6.07) is -0.782. The Hall–Kier alpha value is -1.39. The lowest BCUT2D eigenvalue weighted by Crippen LogP contribution is -2.41. The molecule has 1 heterocycles. The van der Waals surface area contributed by atoms with E-state index in [1.807, 2.05) is 0 Å². The highest BCUT2D eigenvalue weighted by Crippen LogP contribution is 2.22. The van der Waals surface area contributed by atoms with Crippen molar-refractivity contribution in [2.75, 3.05) is 6.54 Å². The Morgan fingerprint density at radius 2 is 2.47 bits per heavy atom. The Labute approximate surface area is 87.4 Å². The average Bonchev–Trinajstić information content (AvgIpc) is 2.49. The zero-order valence-electron chi connectivity index (χ0n) is 8.52. The third kappa shape index (κ3) is 2.55. The third-order valence-electron chi connectivity index (χ3n) is 2.58. The fraction of sp³-hybridized carbons (Fsp3) is 0.600.